The molecule has 0 spiro atoms. The minimum absolute atomic E-state index is 0.0353. The van der Waals surface area contributed by atoms with Crippen molar-refractivity contribution < 1.29 is 9.59 Å². The van der Waals surface area contributed by atoms with Crippen LogP contribution >= 0.6 is 11.3 Å². The molecule has 0 saturated carbocycles. The molecule has 0 aliphatic carbocycles. The lowest BCUT2D eigenvalue weighted by atomic mass is 10.2. The summed E-state index contributed by atoms with van der Waals surface area (Å²) in [5, 5.41) is 5.11. The van der Waals surface area contributed by atoms with Crippen molar-refractivity contribution in [3.63, 3.8) is 0 Å². The van der Waals surface area contributed by atoms with Gasteiger partial charge in [0.1, 0.15) is 0 Å². The number of carbonyl (C=O) groups excluding carboxylic acids is 2. The van der Waals surface area contributed by atoms with Crippen molar-refractivity contribution in [1.29, 1.82) is 0 Å². The lowest BCUT2D eigenvalue weighted by molar-refractivity contribution is -0.130. The molecule has 2 fully saturated rings. The van der Waals surface area contributed by atoms with Gasteiger partial charge in [0.25, 0.3) is 0 Å². The number of urea groups is 1. The number of likely N-dealkylation sites (tertiary alicyclic amines) is 2. The molecule has 1 N–H and O–H groups in total. The van der Waals surface area contributed by atoms with E-state index in [1.54, 1.807) is 11.3 Å². The maximum atomic E-state index is 12.5. The van der Waals surface area contributed by atoms with Crippen molar-refractivity contribution >= 4 is 23.3 Å². The van der Waals surface area contributed by atoms with Gasteiger partial charge in [0.15, 0.2) is 0 Å². The fraction of sp³-hybridized carbons (Fsp3) is 0.667. The Bertz CT molecular complexity index is 546. The molecule has 0 bridgehead atoms. The molecule has 3 amide bonds. The number of rotatable bonds is 5. The van der Waals surface area contributed by atoms with Gasteiger partial charge in [0.05, 0.1) is 6.04 Å². The number of nitrogens with zero attached hydrogens (tertiary/aromatic N) is 2. The summed E-state index contributed by atoms with van der Waals surface area (Å²) in [5.74, 6) is 0.274. The van der Waals surface area contributed by atoms with Gasteiger partial charge in [0, 0.05) is 37.5 Å². The van der Waals surface area contributed by atoms with Gasteiger partial charge in [-0.2, -0.15) is 0 Å². The highest BCUT2D eigenvalue weighted by Gasteiger charge is 2.30. The molecule has 1 aromatic heterocycles. The maximum Gasteiger partial charge on any atom is 0.317 e. The Labute approximate surface area is 148 Å². The molecule has 2 aliphatic rings. The van der Waals surface area contributed by atoms with E-state index in [-0.39, 0.29) is 18.0 Å². The summed E-state index contributed by atoms with van der Waals surface area (Å²) in [6.45, 7) is 3.10. The molecule has 2 aliphatic heterocycles. The van der Waals surface area contributed by atoms with E-state index in [4.69, 9.17) is 0 Å². The van der Waals surface area contributed by atoms with Gasteiger partial charge in [-0.05, 0) is 43.6 Å². The van der Waals surface area contributed by atoms with Crippen molar-refractivity contribution in [3.05, 3.63) is 22.4 Å². The summed E-state index contributed by atoms with van der Waals surface area (Å²) in [6.07, 6.45) is 6.91. The lowest BCUT2D eigenvalue weighted by Gasteiger charge is -2.25. The summed E-state index contributed by atoms with van der Waals surface area (Å²) in [5.41, 5.74) is 0. The normalized spacial score (nSPS) is 21.8. The van der Waals surface area contributed by atoms with Crippen LogP contribution < -0.4 is 5.32 Å². The molecule has 1 aromatic rings. The Morgan fingerprint density at radius 3 is 3.00 bits per heavy atom. The van der Waals surface area contributed by atoms with E-state index in [1.165, 1.54) is 4.88 Å². The van der Waals surface area contributed by atoms with Crippen LogP contribution in [0.25, 0.3) is 0 Å². The summed E-state index contributed by atoms with van der Waals surface area (Å²) in [6, 6.07) is 4.43. The van der Waals surface area contributed by atoms with Crippen molar-refractivity contribution in [2.45, 2.75) is 51.0 Å². The topological polar surface area (TPSA) is 52.7 Å². The van der Waals surface area contributed by atoms with E-state index in [1.807, 2.05) is 15.9 Å². The number of thiophene rings is 1. The largest absolute Gasteiger partial charge is 0.343 e. The predicted molar refractivity (Wildman–Crippen MR) is 96.1 cm³/mol. The van der Waals surface area contributed by atoms with E-state index in [2.05, 4.69) is 16.8 Å². The summed E-state index contributed by atoms with van der Waals surface area (Å²) in [7, 11) is 0. The average Bonchev–Trinajstić information content (AvgIpc) is 3.22. The Morgan fingerprint density at radius 1 is 1.25 bits per heavy atom. The summed E-state index contributed by atoms with van der Waals surface area (Å²) in [4.78, 5) is 29.6. The van der Waals surface area contributed by atoms with Gasteiger partial charge in [-0.15, -0.1) is 11.3 Å². The van der Waals surface area contributed by atoms with E-state index in [0.717, 1.165) is 58.2 Å². The molecule has 0 unspecified atom stereocenters. The lowest BCUT2D eigenvalue weighted by Crippen LogP contribution is -2.40. The molecule has 3 heterocycles. The van der Waals surface area contributed by atoms with Gasteiger partial charge >= 0.3 is 6.03 Å². The van der Waals surface area contributed by atoms with Crippen LogP contribution in [0.1, 0.15) is 55.9 Å². The number of amides is 3. The van der Waals surface area contributed by atoms with Crippen LogP contribution in [-0.4, -0.2) is 47.9 Å². The van der Waals surface area contributed by atoms with Gasteiger partial charge < -0.3 is 15.1 Å². The van der Waals surface area contributed by atoms with E-state index >= 15 is 0 Å². The molecule has 1 atom stereocenters. The fourth-order valence-electron chi connectivity index (χ4n) is 3.63. The molecule has 6 heteroatoms. The highest BCUT2D eigenvalue weighted by atomic mass is 32.1. The molecule has 0 radical (unpaired) electrons. The minimum Gasteiger partial charge on any atom is -0.343 e. The van der Waals surface area contributed by atoms with Crippen LogP contribution in [0.4, 0.5) is 4.79 Å². The Morgan fingerprint density at radius 2 is 2.17 bits per heavy atom. The van der Waals surface area contributed by atoms with Gasteiger partial charge in [-0.3, -0.25) is 4.79 Å². The number of nitrogens with one attached hydrogen (secondary N) is 1. The first kappa shape index (κ1) is 17.3. The predicted octanol–water partition coefficient (Wildman–Crippen LogP) is 3.39. The third-order valence-electron chi connectivity index (χ3n) is 4.94. The molecule has 3 rings (SSSR count). The second-order valence-electron chi connectivity index (χ2n) is 6.64. The maximum absolute atomic E-state index is 12.5. The third kappa shape index (κ3) is 4.29. The minimum atomic E-state index is 0.0353. The van der Waals surface area contributed by atoms with Gasteiger partial charge in [0.2, 0.25) is 5.91 Å². The van der Waals surface area contributed by atoms with Crippen LogP contribution in [0.3, 0.4) is 0 Å². The SMILES string of the molecule is O=C1CCCCCN1CCCNC(=O)N1CCC[C@H]1c1cccs1. The van der Waals surface area contributed by atoms with Gasteiger partial charge in [-0.1, -0.05) is 12.5 Å². The fourth-order valence-corrected chi connectivity index (χ4v) is 4.50. The molecule has 5 nitrogen and oxygen atoms in total. The Kier molecular flexibility index (Phi) is 6.12. The number of hydrogen-bond donors (Lipinski definition) is 1. The second kappa shape index (κ2) is 8.51. The Balaban J connectivity index is 1.41. The van der Waals surface area contributed by atoms with E-state index < -0.39 is 0 Å². The number of carbonyl (C=O) groups is 2. The zero-order chi connectivity index (χ0) is 16.8. The molecule has 0 aromatic carbocycles. The van der Waals surface area contributed by atoms with Crippen LogP contribution in [-0.2, 0) is 4.79 Å². The molecular weight excluding hydrogens is 322 g/mol. The van der Waals surface area contributed by atoms with Crippen LogP contribution in [0, 0.1) is 0 Å². The zero-order valence-corrected chi connectivity index (χ0v) is 15.0. The van der Waals surface area contributed by atoms with E-state index in [0.29, 0.717) is 13.0 Å². The highest BCUT2D eigenvalue weighted by Crippen LogP contribution is 2.34. The first-order valence-corrected chi connectivity index (χ1v) is 9.99. The second-order valence-corrected chi connectivity index (χ2v) is 7.62. The highest BCUT2D eigenvalue weighted by molar-refractivity contribution is 7.10. The van der Waals surface area contributed by atoms with Crippen molar-refractivity contribution in [1.82, 2.24) is 15.1 Å². The number of hydrogen-bond acceptors (Lipinski definition) is 3. The zero-order valence-electron chi connectivity index (χ0n) is 14.2. The molecular formula is C18H27N3O2S. The first-order valence-electron chi connectivity index (χ1n) is 9.11. The molecule has 2 saturated heterocycles. The van der Waals surface area contributed by atoms with Gasteiger partial charge in [-0.25, -0.2) is 4.79 Å². The van der Waals surface area contributed by atoms with Crippen LogP contribution in [0.2, 0.25) is 0 Å². The standard InChI is InChI=1S/C18H27N3O2S/c22-17-9-2-1-3-11-20(17)12-6-10-19-18(23)21-13-4-7-15(21)16-8-5-14-24-16/h5,8,14-15H,1-4,6-7,9-13H2,(H,19,23)/t15-/m0/s1. The van der Waals surface area contributed by atoms with Crippen molar-refractivity contribution in [2.24, 2.45) is 0 Å². The quantitative estimate of drug-likeness (QED) is 0.829. The van der Waals surface area contributed by atoms with Crippen molar-refractivity contribution in [2.75, 3.05) is 26.2 Å². The monoisotopic (exact) mass is 349 g/mol. The molecule has 132 valence electrons. The average molecular weight is 350 g/mol. The summed E-state index contributed by atoms with van der Waals surface area (Å²) >= 11 is 1.72. The van der Waals surface area contributed by atoms with E-state index in [9.17, 15) is 9.59 Å². The third-order valence-corrected chi connectivity index (χ3v) is 5.91. The smallest absolute Gasteiger partial charge is 0.317 e. The summed E-state index contributed by atoms with van der Waals surface area (Å²) < 4.78 is 0. The van der Waals surface area contributed by atoms with Crippen LogP contribution in [0.15, 0.2) is 17.5 Å². The molecule has 24 heavy (non-hydrogen) atoms. The Hall–Kier alpha value is -1.56. The first-order chi connectivity index (χ1) is 11.8. The van der Waals surface area contributed by atoms with Crippen LogP contribution in [0.5, 0.6) is 0 Å². The van der Waals surface area contributed by atoms with Crippen molar-refractivity contribution in [3.8, 4) is 0 Å².